The predicted molar refractivity (Wildman–Crippen MR) is 79.9 cm³/mol. The Hall–Kier alpha value is -1.42. The van der Waals surface area contributed by atoms with E-state index < -0.39 is 0 Å². The smallest absolute Gasteiger partial charge is 0.203 e. The van der Waals surface area contributed by atoms with E-state index in [1.54, 1.807) is 14.2 Å². The molecule has 1 aromatic rings. The van der Waals surface area contributed by atoms with Crippen molar-refractivity contribution in [2.24, 2.45) is 0 Å². The molecule has 0 saturated heterocycles. The maximum atomic E-state index is 6.26. The molecular weight excluding hydrogens is 254 g/mol. The summed E-state index contributed by atoms with van der Waals surface area (Å²) >= 11 is 0. The Labute approximate surface area is 121 Å². The highest BCUT2D eigenvalue weighted by Crippen LogP contribution is 2.49. The summed E-state index contributed by atoms with van der Waals surface area (Å²) in [4.78, 5) is 0. The lowest BCUT2D eigenvalue weighted by Gasteiger charge is -2.40. The molecule has 0 saturated carbocycles. The number of fused-ring (bicyclic) bond motifs is 1. The summed E-state index contributed by atoms with van der Waals surface area (Å²) in [5.41, 5.74) is 0.967. The fourth-order valence-corrected chi connectivity index (χ4v) is 2.77. The van der Waals surface area contributed by atoms with Crippen LogP contribution < -0.4 is 19.5 Å². The van der Waals surface area contributed by atoms with Gasteiger partial charge in [-0.25, -0.2) is 0 Å². The van der Waals surface area contributed by atoms with Crippen molar-refractivity contribution in [2.75, 3.05) is 20.8 Å². The molecule has 112 valence electrons. The number of rotatable bonds is 5. The molecule has 1 heterocycles. The predicted octanol–water partition coefficient (Wildman–Crippen LogP) is 3.31. The minimum atomic E-state index is -0.181. The highest BCUT2D eigenvalue weighted by molar-refractivity contribution is 5.57. The van der Waals surface area contributed by atoms with E-state index >= 15 is 0 Å². The summed E-state index contributed by atoms with van der Waals surface area (Å²) in [6.45, 7) is 7.36. The van der Waals surface area contributed by atoms with Gasteiger partial charge in [-0.05, 0) is 32.0 Å². The van der Waals surface area contributed by atoms with Crippen LogP contribution in [0.25, 0.3) is 0 Å². The fraction of sp³-hybridized carbons (Fsp3) is 0.625. The van der Waals surface area contributed by atoms with Crippen LogP contribution in [0.15, 0.2) is 12.1 Å². The number of methoxy groups -OCH3 is 2. The number of ether oxygens (including phenoxy) is 3. The average Bonchev–Trinajstić information content (AvgIpc) is 2.46. The molecule has 0 aromatic heterocycles. The summed E-state index contributed by atoms with van der Waals surface area (Å²) in [5, 5.41) is 3.54. The Kier molecular flexibility index (Phi) is 4.43. The molecule has 0 spiro atoms. The molecule has 4 nitrogen and oxygen atoms in total. The Balaban J connectivity index is 2.53. The molecule has 0 amide bonds. The molecule has 2 rings (SSSR count). The van der Waals surface area contributed by atoms with Gasteiger partial charge in [-0.2, -0.15) is 0 Å². The maximum absolute atomic E-state index is 6.26. The molecule has 1 N–H and O–H groups in total. The van der Waals surface area contributed by atoms with Gasteiger partial charge in [-0.15, -0.1) is 0 Å². The highest BCUT2D eigenvalue weighted by Gasteiger charge is 2.38. The summed E-state index contributed by atoms with van der Waals surface area (Å²) in [6, 6.07) is 4.30. The van der Waals surface area contributed by atoms with E-state index in [1.807, 2.05) is 6.07 Å². The Morgan fingerprint density at radius 1 is 1.30 bits per heavy atom. The Bertz CT molecular complexity index is 475. The van der Waals surface area contributed by atoms with Gasteiger partial charge >= 0.3 is 0 Å². The second kappa shape index (κ2) is 5.92. The molecule has 0 fully saturated rings. The monoisotopic (exact) mass is 279 g/mol. The van der Waals surface area contributed by atoms with Crippen molar-refractivity contribution in [2.45, 2.75) is 45.3 Å². The molecule has 2 atom stereocenters. The summed E-state index contributed by atoms with van der Waals surface area (Å²) in [5.74, 6) is 2.21. The van der Waals surface area contributed by atoms with Crippen molar-refractivity contribution >= 4 is 0 Å². The van der Waals surface area contributed by atoms with Gasteiger partial charge in [0.1, 0.15) is 5.60 Å². The van der Waals surface area contributed by atoms with Crippen molar-refractivity contribution in [3.05, 3.63) is 17.7 Å². The highest BCUT2D eigenvalue weighted by atomic mass is 16.5. The first kappa shape index (κ1) is 15.0. The van der Waals surface area contributed by atoms with Crippen LogP contribution in [-0.2, 0) is 0 Å². The number of nitrogens with one attached hydrogen (secondary N) is 1. The molecule has 0 radical (unpaired) electrons. The number of hydrogen-bond donors (Lipinski definition) is 1. The van der Waals surface area contributed by atoms with E-state index in [-0.39, 0.29) is 11.6 Å². The molecule has 1 aromatic carbocycles. The van der Waals surface area contributed by atoms with Crippen LogP contribution in [0.2, 0.25) is 0 Å². The largest absolute Gasteiger partial charge is 0.493 e. The lowest BCUT2D eigenvalue weighted by Crippen LogP contribution is -2.41. The molecule has 1 aliphatic heterocycles. The van der Waals surface area contributed by atoms with Gasteiger partial charge in [0.05, 0.1) is 14.2 Å². The third kappa shape index (κ3) is 2.57. The molecule has 2 unspecified atom stereocenters. The van der Waals surface area contributed by atoms with Gasteiger partial charge in [0.25, 0.3) is 0 Å². The third-order valence-corrected chi connectivity index (χ3v) is 4.09. The van der Waals surface area contributed by atoms with Gasteiger partial charge in [-0.3, -0.25) is 0 Å². The van der Waals surface area contributed by atoms with Crippen LogP contribution in [0.4, 0.5) is 0 Å². The zero-order chi connectivity index (χ0) is 14.8. The Morgan fingerprint density at radius 3 is 2.60 bits per heavy atom. The van der Waals surface area contributed by atoms with Gasteiger partial charge in [0, 0.05) is 18.0 Å². The maximum Gasteiger partial charge on any atom is 0.203 e. The number of benzene rings is 1. The van der Waals surface area contributed by atoms with E-state index in [1.165, 1.54) is 0 Å². The second-order valence-electron chi connectivity index (χ2n) is 5.44. The standard InChI is InChI=1S/C16H25NO3/c1-6-16(3)10-12(17-7-2)11-8-9-13(18-4)15(19-5)14(11)20-16/h8-9,12,17H,6-7,10H2,1-5H3. The van der Waals surface area contributed by atoms with Gasteiger partial charge in [-0.1, -0.05) is 13.8 Å². The molecule has 1 aliphatic rings. The zero-order valence-corrected chi connectivity index (χ0v) is 13.1. The minimum Gasteiger partial charge on any atom is -0.493 e. The lowest BCUT2D eigenvalue weighted by atomic mass is 9.86. The van der Waals surface area contributed by atoms with Crippen molar-refractivity contribution in [1.82, 2.24) is 5.32 Å². The van der Waals surface area contributed by atoms with Crippen LogP contribution in [0.1, 0.15) is 45.2 Å². The van der Waals surface area contributed by atoms with Crippen molar-refractivity contribution in [1.29, 1.82) is 0 Å². The van der Waals surface area contributed by atoms with E-state index in [4.69, 9.17) is 14.2 Å². The first-order chi connectivity index (χ1) is 9.58. The third-order valence-electron chi connectivity index (χ3n) is 4.09. The van der Waals surface area contributed by atoms with E-state index in [0.29, 0.717) is 11.5 Å². The molecule has 4 heteroatoms. The van der Waals surface area contributed by atoms with Crippen LogP contribution in [-0.4, -0.2) is 26.4 Å². The normalized spacial score (nSPS) is 24.8. The molecular formula is C16H25NO3. The number of hydrogen-bond acceptors (Lipinski definition) is 4. The van der Waals surface area contributed by atoms with Gasteiger partial charge < -0.3 is 19.5 Å². The van der Waals surface area contributed by atoms with Crippen molar-refractivity contribution in [3.8, 4) is 17.2 Å². The second-order valence-corrected chi connectivity index (χ2v) is 5.44. The topological polar surface area (TPSA) is 39.7 Å². The first-order valence-corrected chi connectivity index (χ1v) is 7.25. The van der Waals surface area contributed by atoms with Crippen LogP contribution in [0.5, 0.6) is 17.2 Å². The van der Waals surface area contributed by atoms with Crippen molar-refractivity contribution < 1.29 is 14.2 Å². The van der Waals surface area contributed by atoms with Crippen LogP contribution >= 0.6 is 0 Å². The SMILES string of the molecule is CCNC1CC(C)(CC)Oc2c1ccc(OC)c2OC. The van der Waals surface area contributed by atoms with Gasteiger partial charge in [0.15, 0.2) is 11.5 Å². The van der Waals surface area contributed by atoms with E-state index in [0.717, 1.165) is 30.7 Å². The quantitative estimate of drug-likeness (QED) is 0.897. The zero-order valence-electron chi connectivity index (χ0n) is 13.1. The summed E-state index contributed by atoms with van der Waals surface area (Å²) < 4.78 is 17.2. The lowest BCUT2D eigenvalue weighted by molar-refractivity contribution is 0.0409. The minimum absolute atomic E-state index is 0.181. The van der Waals surface area contributed by atoms with E-state index in [2.05, 4.69) is 32.2 Å². The van der Waals surface area contributed by atoms with E-state index in [9.17, 15) is 0 Å². The van der Waals surface area contributed by atoms with Crippen molar-refractivity contribution in [3.63, 3.8) is 0 Å². The van der Waals surface area contributed by atoms with Crippen LogP contribution in [0.3, 0.4) is 0 Å². The van der Waals surface area contributed by atoms with Crippen LogP contribution in [0, 0.1) is 0 Å². The average molecular weight is 279 g/mol. The summed E-state index contributed by atoms with van der Waals surface area (Å²) in [7, 11) is 3.30. The summed E-state index contributed by atoms with van der Waals surface area (Å²) in [6.07, 6.45) is 1.91. The Morgan fingerprint density at radius 2 is 2.05 bits per heavy atom. The van der Waals surface area contributed by atoms with Gasteiger partial charge in [0.2, 0.25) is 5.75 Å². The first-order valence-electron chi connectivity index (χ1n) is 7.25. The molecule has 0 aliphatic carbocycles. The molecule has 0 bridgehead atoms. The molecule has 20 heavy (non-hydrogen) atoms. The fourth-order valence-electron chi connectivity index (χ4n) is 2.77.